The van der Waals surface area contributed by atoms with E-state index in [2.05, 4.69) is 16.4 Å². The highest BCUT2D eigenvalue weighted by Gasteiger charge is 2.23. The number of thiophene rings is 1. The minimum atomic E-state index is -0.577. The van der Waals surface area contributed by atoms with Crippen molar-refractivity contribution in [2.24, 2.45) is 0 Å². The molecule has 0 fully saturated rings. The number of imidazole rings is 1. The molecular formula is C12H14N4S. The molecule has 0 aromatic carbocycles. The molecule has 0 saturated carbocycles. The lowest BCUT2D eigenvalue weighted by atomic mass is 10.1. The zero-order valence-corrected chi connectivity index (χ0v) is 10.7. The van der Waals surface area contributed by atoms with Gasteiger partial charge in [0.15, 0.2) is 0 Å². The topological polar surface area (TPSA) is 53.6 Å². The molecule has 2 heterocycles. The minimum Gasteiger partial charge on any atom is -0.327 e. The van der Waals surface area contributed by atoms with Crippen LogP contribution >= 0.6 is 11.3 Å². The normalized spacial score (nSPS) is 14.2. The van der Waals surface area contributed by atoms with Gasteiger partial charge in [0.05, 0.1) is 17.5 Å². The van der Waals surface area contributed by atoms with E-state index in [4.69, 9.17) is 5.26 Å². The molecule has 1 atom stereocenters. The Bertz CT molecular complexity index is 523. The van der Waals surface area contributed by atoms with Crippen LogP contribution in [0.5, 0.6) is 0 Å². The standard InChI is InChI=1S/C12H14N4S/c1-12(8-13,14-2)9-16-6-5-15-11(16)10-4-3-7-17-10/h3-7,14H,9H2,1-2H3. The number of rotatable bonds is 4. The van der Waals surface area contributed by atoms with Crippen LogP contribution in [0.25, 0.3) is 10.7 Å². The fourth-order valence-corrected chi connectivity index (χ4v) is 2.31. The Labute approximate surface area is 105 Å². The van der Waals surface area contributed by atoms with Crippen LogP contribution in [0.4, 0.5) is 0 Å². The van der Waals surface area contributed by atoms with Crippen LogP contribution < -0.4 is 5.32 Å². The van der Waals surface area contributed by atoms with E-state index < -0.39 is 5.54 Å². The average Bonchev–Trinajstić information content (AvgIpc) is 2.98. The van der Waals surface area contributed by atoms with E-state index in [9.17, 15) is 0 Å². The van der Waals surface area contributed by atoms with Crippen molar-refractivity contribution in [3.63, 3.8) is 0 Å². The molecule has 17 heavy (non-hydrogen) atoms. The van der Waals surface area contributed by atoms with Crippen molar-refractivity contribution in [1.29, 1.82) is 5.26 Å². The summed E-state index contributed by atoms with van der Waals surface area (Å²) in [6.45, 7) is 2.46. The molecule has 2 aromatic heterocycles. The maximum atomic E-state index is 9.16. The Morgan fingerprint density at radius 2 is 2.47 bits per heavy atom. The molecule has 4 nitrogen and oxygen atoms in total. The highest BCUT2D eigenvalue weighted by Crippen LogP contribution is 2.23. The molecule has 0 bridgehead atoms. The van der Waals surface area contributed by atoms with Crippen molar-refractivity contribution >= 4 is 11.3 Å². The van der Waals surface area contributed by atoms with Gasteiger partial charge in [-0.25, -0.2) is 4.98 Å². The van der Waals surface area contributed by atoms with Crippen LogP contribution in [0.1, 0.15) is 6.92 Å². The molecule has 88 valence electrons. The van der Waals surface area contributed by atoms with E-state index in [0.29, 0.717) is 6.54 Å². The van der Waals surface area contributed by atoms with E-state index >= 15 is 0 Å². The van der Waals surface area contributed by atoms with Crippen molar-refractivity contribution < 1.29 is 0 Å². The summed E-state index contributed by atoms with van der Waals surface area (Å²) in [6.07, 6.45) is 3.67. The fraction of sp³-hybridized carbons (Fsp3) is 0.333. The number of aromatic nitrogens is 2. The second-order valence-electron chi connectivity index (χ2n) is 4.05. The molecule has 0 aliphatic heterocycles. The Balaban J connectivity index is 2.30. The quantitative estimate of drug-likeness (QED) is 0.899. The summed E-state index contributed by atoms with van der Waals surface area (Å²) in [5.74, 6) is 0.914. The van der Waals surface area contributed by atoms with Gasteiger partial charge in [0.2, 0.25) is 0 Å². The molecule has 5 heteroatoms. The van der Waals surface area contributed by atoms with Crippen LogP contribution in [-0.4, -0.2) is 22.1 Å². The molecular weight excluding hydrogens is 232 g/mol. The lowest BCUT2D eigenvalue weighted by molar-refractivity contribution is 0.421. The summed E-state index contributed by atoms with van der Waals surface area (Å²) in [4.78, 5) is 5.46. The van der Waals surface area contributed by atoms with Crippen molar-refractivity contribution in [1.82, 2.24) is 14.9 Å². The van der Waals surface area contributed by atoms with Crippen LogP contribution in [0.2, 0.25) is 0 Å². The van der Waals surface area contributed by atoms with Gasteiger partial charge in [-0.15, -0.1) is 11.3 Å². The molecule has 1 N–H and O–H groups in total. The van der Waals surface area contributed by atoms with Gasteiger partial charge in [-0.2, -0.15) is 5.26 Å². The molecule has 2 rings (SSSR count). The van der Waals surface area contributed by atoms with Crippen molar-refractivity contribution in [2.75, 3.05) is 7.05 Å². The predicted octanol–water partition coefficient (Wildman–Crippen LogP) is 2.11. The first kappa shape index (κ1) is 11.8. The lowest BCUT2D eigenvalue weighted by Crippen LogP contribution is -2.42. The second-order valence-corrected chi connectivity index (χ2v) is 5.00. The van der Waals surface area contributed by atoms with E-state index in [1.54, 1.807) is 24.6 Å². The Kier molecular flexibility index (Phi) is 3.27. The molecule has 2 aromatic rings. The third kappa shape index (κ3) is 2.38. The molecule has 0 saturated heterocycles. The highest BCUT2D eigenvalue weighted by molar-refractivity contribution is 7.13. The highest BCUT2D eigenvalue weighted by atomic mass is 32.1. The number of nitriles is 1. The smallest absolute Gasteiger partial charge is 0.150 e. The first-order valence-electron chi connectivity index (χ1n) is 5.34. The second kappa shape index (κ2) is 4.70. The number of nitrogens with one attached hydrogen (secondary N) is 1. The molecule has 0 spiro atoms. The first-order chi connectivity index (χ1) is 8.18. The molecule has 0 amide bonds. The third-order valence-electron chi connectivity index (χ3n) is 2.74. The van der Waals surface area contributed by atoms with E-state index in [0.717, 1.165) is 10.7 Å². The molecule has 0 radical (unpaired) electrons. The van der Waals surface area contributed by atoms with Crippen LogP contribution in [-0.2, 0) is 6.54 Å². The van der Waals surface area contributed by atoms with Gasteiger partial charge in [-0.1, -0.05) is 6.07 Å². The van der Waals surface area contributed by atoms with E-state index in [-0.39, 0.29) is 0 Å². The van der Waals surface area contributed by atoms with E-state index in [1.807, 2.05) is 35.2 Å². The predicted molar refractivity (Wildman–Crippen MR) is 68.6 cm³/mol. The number of nitrogens with zero attached hydrogens (tertiary/aromatic N) is 3. The Hall–Kier alpha value is -1.64. The van der Waals surface area contributed by atoms with Gasteiger partial charge in [0, 0.05) is 12.4 Å². The summed E-state index contributed by atoms with van der Waals surface area (Å²) >= 11 is 1.65. The van der Waals surface area contributed by atoms with Crippen LogP contribution in [0, 0.1) is 11.3 Å². The van der Waals surface area contributed by atoms with Crippen LogP contribution in [0.3, 0.4) is 0 Å². The van der Waals surface area contributed by atoms with Gasteiger partial charge in [0.25, 0.3) is 0 Å². The van der Waals surface area contributed by atoms with Crippen molar-refractivity contribution in [3.8, 4) is 16.8 Å². The zero-order valence-electron chi connectivity index (χ0n) is 9.84. The van der Waals surface area contributed by atoms with Gasteiger partial charge >= 0.3 is 0 Å². The minimum absolute atomic E-state index is 0.577. The van der Waals surface area contributed by atoms with Gasteiger partial charge in [0.1, 0.15) is 11.4 Å². The zero-order chi connectivity index (χ0) is 12.3. The van der Waals surface area contributed by atoms with Gasteiger partial charge in [-0.3, -0.25) is 0 Å². The SMILES string of the molecule is CNC(C)(C#N)Cn1ccnc1-c1cccs1. The number of likely N-dealkylation sites (N-methyl/N-ethyl adjacent to an activating group) is 1. The average molecular weight is 246 g/mol. The summed E-state index contributed by atoms with van der Waals surface area (Å²) in [5.41, 5.74) is -0.577. The number of hydrogen-bond donors (Lipinski definition) is 1. The maximum Gasteiger partial charge on any atom is 0.150 e. The van der Waals surface area contributed by atoms with Crippen LogP contribution in [0.15, 0.2) is 29.9 Å². The monoisotopic (exact) mass is 246 g/mol. The van der Waals surface area contributed by atoms with E-state index in [1.165, 1.54) is 0 Å². The molecule has 0 aliphatic rings. The fourth-order valence-electron chi connectivity index (χ4n) is 1.58. The molecule has 1 unspecified atom stereocenters. The van der Waals surface area contributed by atoms with Crippen molar-refractivity contribution in [2.45, 2.75) is 19.0 Å². The Morgan fingerprint density at radius 1 is 1.65 bits per heavy atom. The maximum absolute atomic E-state index is 9.16. The summed E-state index contributed by atoms with van der Waals surface area (Å²) < 4.78 is 2.01. The third-order valence-corrected chi connectivity index (χ3v) is 3.61. The van der Waals surface area contributed by atoms with Gasteiger partial charge < -0.3 is 9.88 Å². The van der Waals surface area contributed by atoms with Gasteiger partial charge in [-0.05, 0) is 25.4 Å². The summed E-state index contributed by atoms with van der Waals surface area (Å²) in [7, 11) is 1.80. The summed E-state index contributed by atoms with van der Waals surface area (Å²) in [6, 6.07) is 6.32. The lowest BCUT2D eigenvalue weighted by Gasteiger charge is -2.22. The number of hydrogen-bond acceptors (Lipinski definition) is 4. The first-order valence-corrected chi connectivity index (χ1v) is 6.22. The largest absolute Gasteiger partial charge is 0.327 e. The van der Waals surface area contributed by atoms with Crippen molar-refractivity contribution in [3.05, 3.63) is 29.9 Å². The summed E-state index contributed by atoms with van der Waals surface area (Å²) in [5, 5.41) is 14.2. The Morgan fingerprint density at radius 3 is 3.06 bits per heavy atom. The molecule has 0 aliphatic carbocycles.